The average Bonchev–Trinajstić information content (AvgIpc) is 3.22. The fourth-order valence-corrected chi connectivity index (χ4v) is 3.55. The second-order valence-corrected chi connectivity index (χ2v) is 7.97. The maximum Gasteiger partial charge on any atom is 0.375 e. The highest BCUT2D eigenvalue weighted by Crippen LogP contribution is 2.24. The normalized spacial score (nSPS) is 25.5. The summed E-state index contributed by atoms with van der Waals surface area (Å²) in [6.07, 6.45) is -4.88. The first-order valence-electron chi connectivity index (χ1n) is 11.5. The van der Waals surface area contributed by atoms with Gasteiger partial charge >= 0.3 is 12.1 Å². The lowest BCUT2D eigenvalue weighted by atomic mass is 9.97. The Morgan fingerprint density at radius 2 is 1.57 bits per heavy atom. The van der Waals surface area contributed by atoms with E-state index >= 15 is 0 Å². The van der Waals surface area contributed by atoms with Crippen molar-refractivity contribution in [3.63, 3.8) is 0 Å². The van der Waals surface area contributed by atoms with E-state index in [1.807, 2.05) is 0 Å². The summed E-state index contributed by atoms with van der Waals surface area (Å²) < 4.78 is 27.4. The maximum absolute atomic E-state index is 11.5. The minimum absolute atomic E-state index is 0.0671. The van der Waals surface area contributed by atoms with Gasteiger partial charge in [0, 0.05) is 6.92 Å². The quantitative estimate of drug-likeness (QED) is 0.229. The van der Waals surface area contributed by atoms with E-state index in [9.17, 15) is 29.7 Å². The Morgan fingerprint density at radius 3 is 2.16 bits per heavy atom. The lowest BCUT2D eigenvalue weighted by molar-refractivity contribution is -0.272. The molecule has 1 aromatic rings. The van der Waals surface area contributed by atoms with E-state index in [1.165, 1.54) is 6.92 Å². The summed E-state index contributed by atoms with van der Waals surface area (Å²) in [6, 6.07) is 3.80. The molecule has 0 spiro atoms. The number of anilines is 1. The van der Waals surface area contributed by atoms with Crippen molar-refractivity contribution in [3.8, 4) is 5.75 Å². The summed E-state index contributed by atoms with van der Waals surface area (Å²) in [5.74, 6) is 0.0882. The van der Waals surface area contributed by atoms with Crippen LogP contribution in [-0.2, 0) is 23.7 Å². The number of aliphatic hydroxyl groups excluding tert-OH is 3. The van der Waals surface area contributed by atoms with Gasteiger partial charge < -0.3 is 44.3 Å². The van der Waals surface area contributed by atoms with Gasteiger partial charge in [-0.3, -0.25) is 4.79 Å². The molecule has 0 saturated carbocycles. The molecule has 2 unspecified atom stereocenters. The molecule has 0 aromatic heterocycles. The number of azo groups is 1. The van der Waals surface area contributed by atoms with Crippen LogP contribution in [0.2, 0.25) is 0 Å². The van der Waals surface area contributed by atoms with Gasteiger partial charge in [-0.05, 0) is 24.3 Å². The van der Waals surface area contributed by atoms with Crippen LogP contribution in [0.5, 0.6) is 5.75 Å². The van der Waals surface area contributed by atoms with Crippen LogP contribution in [-0.4, -0.2) is 110 Å². The Labute approximate surface area is 211 Å². The van der Waals surface area contributed by atoms with Crippen LogP contribution in [0.1, 0.15) is 6.92 Å². The van der Waals surface area contributed by atoms with Gasteiger partial charge in [0.1, 0.15) is 36.7 Å². The summed E-state index contributed by atoms with van der Waals surface area (Å²) in [5.41, 5.74) is 0.340. The molecule has 1 aromatic carbocycles. The second-order valence-electron chi connectivity index (χ2n) is 7.97. The zero-order chi connectivity index (χ0) is 26.8. The number of carbonyl (C=O) groups is 3. The van der Waals surface area contributed by atoms with Gasteiger partial charge in [-0.15, -0.1) is 0 Å². The van der Waals surface area contributed by atoms with Crippen molar-refractivity contribution in [2.45, 2.75) is 37.6 Å². The number of ether oxygens (including phenoxy) is 5. The molecule has 4 N–H and O–H groups in total. The van der Waals surface area contributed by atoms with Gasteiger partial charge in [0.05, 0.1) is 45.3 Å². The number of imide groups is 1. The minimum Gasteiger partial charge on any atom is -0.491 e. The van der Waals surface area contributed by atoms with Gasteiger partial charge in [0.2, 0.25) is 5.91 Å². The molecule has 2 heterocycles. The van der Waals surface area contributed by atoms with Crippen LogP contribution in [0, 0.1) is 0 Å². The highest BCUT2D eigenvalue weighted by Gasteiger charge is 2.45. The van der Waals surface area contributed by atoms with E-state index in [0.29, 0.717) is 24.7 Å². The Morgan fingerprint density at radius 1 is 0.973 bits per heavy atom. The average molecular weight is 526 g/mol. The number of carbonyl (C=O) groups excluding carboxylic acids is 3. The van der Waals surface area contributed by atoms with Crippen molar-refractivity contribution in [2.24, 2.45) is 10.2 Å². The summed E-state index contributed by atoms with van der Waals surface area (Å²) in [5, 5.41) is 38.4. The standard InChI is InChI=1S/C22H30N4O11/c1-13(28)23-17-19(30)18(29)16(12-27)37-20(17)36-11-9-34-7-6-33-8-10-35-15-4-2-14(3-5-15)26-21(31)24-25-22(26)32/h2-5,16-20,27,29-30H,6-12H2,1H3,(H,23,28)/t16?,17?,18-,19+,20+/m0/s1. The minimum atomic E-state index is -1.38. The summed E-state index contributed by atoms with van der Waals surface area (Å²) >= 11 is 0. The SMILES string of the molecule is CC(=O)NC1[C@H](OCCOCCOCCOc2ccc(N3C(=O)N=NC3=O)cc2)OC(CO)[C@H](O)[C@@H]1O. The summed E-state index contributed by atoms with van der Waals surface area (Å²) in [6.45, 7) is 2.09. The van der Waals surface area contributed by atoms with Crippen LogP contribution >= 0.6 is 0 Å². The molecule has 15 heteroatoms. The van der Waals surface area contributed by atoms with Crippen LogP contribution in [0.25, 0.3) is 0 Å². The Balaban J connectivity index is 1.25. The molecule has 15 nitrogen and oxygen atoms in total. The third kappa shape index (κ3) is 7.96. The summed E-state index contributed by atoms with van der Waals surface area (Å²) in [4.78, 5) is 35.3. The molecule has 2 aliphatic rings. The number of benzene rings is 1. The number of rotatable bonds is 14. The number of aliphatic hydroxyl groups is 3. The molecule has 2 aliphatic heterocycles. The van der Waals surface area contributed by atoms with Gasteiger partial charge in [-0.1, -0.05) is 10.2 Å². The van der Waals surface area contributed by atoms with Crippen molar-refractivity contribution >= 4 is 23.7 Å². The van der Waals surface area contributed by atoms with E-state index in [0.717, 1.165) is 4.90 Å². The monoisotopic (exact) mass is 526 g/mol. The first-order valence-corrected chi connectivity index (χ1v) is 11.5. The zero-order valence-corrected chi connectivity index (χ0v) is 20.1. The summed E-state index contributed by atoms with van der Waals surface area (Å²) in [7, 11) is 0. The van der Waals surface area contributed by atoms with E-state index < -0.39 is 55.2 Å². The Kier molecular flexibility index (Phi) is 10.8. The molecule has 0 bridgehead atoms. The van der Waals surface area contributed by atoms with Crippen molar-refractivity contribution in [2.75, 3.05) is 51.1 Å². The van der Waals surface area contributed by atoms with Crippen molar-refractivity contribution < 1.29 is 53.4 Å². The van der Waals surface area contributed by atoms with Crippen LogP contribution in [0.3, 0.4) is 0 Å². The highest BCUT2D eigenvalue weighted by atomic mass is 16.7. The predicted octanol–water partition coefficient (Wildman–Crippen LogP) is -0.429. The van der Waals surface area contributed by atoms with Gasteiger partial charge in [0.15, 0.2) is 6.29 Å². The topological polar surface area (TPSA) is 198 Å². The van der Waals surface area contributed by atoms with Gasteiger partial charge in [0.25, 0.3) is 0 Å². The Bertz CT molecular complexity index is 927. The van der Waals surface area contributed by atoms with Crippen molar-refractivity contribution in [1.29, 1.82) is 0 Å². The molecular formula is C22H30N4O11. The highest BCUT2D eigenvalue weighted by molar-refractivity contribution is 6.17. The molecule has 3 rings (SSSR count). The number of urea groups is 2. The first-order chi connectivity index (χ1) is 17.8. The van der Waals surface area contributed by atoms with E-state index in [-0.39, 0.29) is 26.4 Å². The van der Waals surface area contributed by atoms with E-state index in [2.05, 4.69) is 15.5 Å². The molecule has 5 atom stereocenters. The smallest absolute Gasteiger partial charge is 0.375 e. The number of amides is 5. The van der Waals surface area contributed by atoms with Gasteiger partial charge in [-0.2, -0.15) is 0 Å². The molecule has 1 fully saturated rings. The van der Waals surface area contributed by atoms with Crippen LogP contribution in [0.4, 0.5) is 15.3 Å². The third-order valence-corrected chi connectivity index (χ3v) is 5.33. The largest absolute Gasteiger partial charge is 0.491 e. The maximum atomic E-state index is 11.5. The number of hydrogen-bond donors (Lipinski definition) is 4. The molecule has 204 valence electrons. The van der Waals surface area contributed by atoms with Gasteiger partial charge in [-0.25, -0.2) is 14.5 Å². The molecule has 5 amide bonds. The molecule has 0 aliphatic carbocycles. The van der Waals surface area contributed by atoms with E-state index in [1.54, 1.807) is 24.3 Å². The number of nitrogens with one attached hydrogen (secondary N) is 1. The molecule has 0 radical (unpaired) electrons. The van der Waals surface area contributed by atoms with E-state index in [4.69, 9.17) is 23.7 Å². The molecule has 1 saturated heterocycles. The fourth-order valence-electron chi connectivity index (χ4n) is 3.55. The lowest BCUT2D eigenvalue weighted by Crippen LogP contribution is -2.64. The molecular weight excluding hydrogens is 496 g/mol. The first kappa shape index (κ1) is 28.5. The lowest BCUT2D eigenvalue weighted by Gasteiger charge is -2.42. The number of nitrogens with zero attached hydrogens (tertiary/aromatic N) is 3. The third-order valence-electron chi connectivity index (χ3n) is 5.33. The predicted molar refractivity (Wildman–Crippen MR) is 123 cm³/mol. The zero-order valence-electron chi connectivity index (χ0n) is 20.1. The second kappa shape index (κ2) is 14.0. The fraction of sp³-hybridized carbons (Fsp3) is 0.591. The Hall–Kier alpha value is -3.05. The molecule has 37 heavy (non-hydrogen) atoms. The van der Waals surface area contributed by atoms with Crippen molar-refractivity contribution in [1.82, 2.24) is 5.32 Å². The number of hydrogen-bond acceptors (Lipinski definition) is 11. The van der Waals surface area contributed by atoms with Crippen LogP contribution in [0.15, 0.2) is 34.5 Å². The van der Waals surface area contributed by atoms with Crippen molar-refractivity contribution in [3.05, 3.63) is 24.3 Å². The van der Waals surface area contributed by atoms with Crippen LogP contribution < -0.4 is 15.0 Å².